The van der Waals surface area contributed by atoms with Crippen LogP contribution in [0.25, 0.3) is 0 Å². The van der Waals surface area contributed by atoms with Gasteiger partial charge >= 0.3 is 6.03 Å². The molecule has 0 radical (unpaired) electrons. The molecule has 0 spiro atoms. The molecule has 20 heavy (non-hydrogen) atoms. The van der Waals surface area contributed by atoms with Gasteiger partial charge in [-0.1, -0.05) is 12.1 Å². The first-order valence-corrected chi connectivity index (χ1v) is 6.14. The van der Waals surface area contributed by atoms with Crippen LogP contribution in [-0.2, 0) is 0 Å². The van der Waals surface area contributed by atoms with Crippen LogP contribution in [0.5, 0.6) is 5.75 Å². The molecule has 0 unspecified atom stereocenters. The molecule has 0 bridgehead atoms. The average molecular weight is 271 g/mol. The fourth-order valence-corrected chi connectivity index (χ4v) is 1.76. The highest BCUT2D eigenvalue weighted by Gasteiger charge is 2.11. The molecular formula is C15H17N3O2. The summed E-state index contributed by atoms with van der Waals surface area (Å²) in [6.07, 6.45) is 0. The van der Waals surface area contributed by atoms with Gasteiger partial charge in [-0.2, -0.15) is 0 Å². The van der Waals surface area contributed by atoms with Crippen LogP contribution in [0.4, 0.5) is 21.9 Å². The Labute approximate surface area is 118 Å². The number of ether oxygens (including phenoxy) is 1. The lowest BCUT2D eigenvalue weighted by Gasteiger charge is -2.18. The second kappa shape index (κ2) is 5.97. The van der Waals surface area contributed by atoms with Gasteiger partial charge in [0.25, 0.3) is 0 Å². The molecule has 5 nitrogen and oxygen atoms in total. The maximum Gasteiger partial charge on any atom is 0.326 e. The van der Waals surface area contributed by atoms with Crippen molar-refractivity contribution >= 4 is 23.1 Å². The summed E-state index contributed by atoms with van der Waals surface area (Å²) in [5, 5.41) is 2.80. The van der Waals surface area contributed by atoms with Crippen molar-refractivity contribution in [3.05, 3.63) is 48.5 Å². The first kappa shape index (κ1) is 13.7. The molecule has 2 rings (SSSR count). The quantitative estimate of drug-likeness (QED) is 0.843. The number of nitrogens with zero attached hydrogens (tertiary/aromatic N) is 1. The standard InChI is InChI=1S/C15H17N3O2/c1-18(13-7-3-5-11(16)9-13)15(19)17-12-6-4-8-14(10-12)20-2/h3-10H,16H2,1-2H3,(H,17,19). The highest BCUT2D eigenvalue weighted by Crippen LogP contribution is 2.19. The van der Waals surface area contributed by atoms with Crippen LogP contribution < -0.4 is 20.7 Å². The number of nitrogens with two attached hydrogens (primary N) is 1. The predicted octanol–water partition coefficient (Wildman–Crippen LogP) is 2.95. The van der Waals surface area contributed by atoms with Crippen molar-refractivity contribution in [2.24, 2.45) is 0 Å². The third-order valence-electron chi connectivity index (χ3n) is 2.88. The van der Waals surface area contributed by atoms with Gasteiger partial charge in [0.2, 0.25) is 0 Å². The normalized spacial score (nSPS) is 9.90. The lowest BCUT2D eigenvalue weighted by molar-refractivity contribution is 0.258. The van der Waals surface area contributed by atoms with Gasteiger partial charge in [0, 0.05) is 30.2 Å². The SMILES string of the molecule is COc1cccc(NC(=O)N(C)c2cccc(N)c2)c1. The predicted molar refractivity (Wildman–Crippen MR) is 81.3 cm³/mol. The number of carbonyl (C=O) groups is 1. The van der Waals surface area contributed by atoms with E-state index in [0.29, 0.717) is 17.1 Å². The van der Waals surface area contributed by atoms with Gasteiger partial charge in [0.05, 0.1) is 7.11 Å². The summed E-state index contributed by atoms with van der Waals surface area (Å²) in [7, 11) is 3.27. The first-order valence-electron chi connectivity index (χ1n) is 6.14. The van der Waals surface area contributed by atoms with Crippen LogP contribution in [0.2, 0.25) is 0 Å². The highest BCUT2D eigenvalue weighted by molar-refractivity contribution is 6.01. The van der Waals surface area contributed by atoms with E-state index in [0.717, 1.165) is 5.69 Å². The molecule has 2 aromatic carbocycles. The zero-order valence-corrected chi connectivity index (χ0v) is 11.5. The van der Waals surface area contributed by atoms with Gasteiger partial charge in [-0.05, 0) is 30.3 Å². The Balaban J connectivity index is 2.11. The monoisotopic (exact) mass is 271 g/mol. The molecule has 0 aliphatic rings. The van der Waals surface area contributed by atoms with E-state index in [1.54, 1.807) is 44.5 Å². The highest BCUT2D eigenvalue weighted by atomic mass is 16.5. The van der Waals surface area contributed by atoms with Gasteiger partial charge in [-0.25, -0.2) is 4.79 Å². The summed E-state index contributed by atoms with van der Waals surface area (Å²) in [6, 6.07) is 14.1. The zero-order chi connectivity index (χ0) is 14.5. The van der Waals surface area contributed by atoms with Gasteiger partial charge < -0.3 is 15.8 Å². The number of carbonyl (C=O) groups excluding carboxylic acids is 1. The Morgan fingerprint density at radius 2 is 1.95 bits per heavy atom. The van der Waals surface area contributed by atoms with Crippen molar-refractivity contribution in [2.75, 3.05) is 30.1 Å². The van der Waals surface area contributed by atoms with Crippen molar-refractivity contribution in [3.63, 3.8) is 0 Å². The number of urea groups is 1. The van der Waals surface area contributed by atoms with Crippen LogP contribution in [0.1, 0.15) is 0 Å². The van der Waals surface area contributed by atoms with Crippen molar-refractivity contribution < 1.29 is 9.53 Å². The topological polar surface area (TPSA) is 67.6 Å². The average Bonchev–Trinajstić information content (AvgIpc) is 2.46. The van der Waals surface area contributed by atoms with Crippen LogP contribution >= 0.6 is 0 Å². The lowest BCUT2D eigenvalue weighted by atomic mass is 10.2. The third kappa shape index (κ3) is 3.20. The lowest BCUT2D eigenvalue weighted by Crippen LogP contribution is -2.31. The van der Waals surface area contributed by atoms with Crippen LogP contribution in [0.15, 0.2) is 48.5 Å². The molecule has 0 saturated carbocycles. The number of anilines is 3. The fourth-order valence-electron chi connectivity index (χ4n) is 1.76. The van der Waals surface area contributed by atoms with E-state index in [2.05, 4.69) is 5.32 Å². The van der Waals surface area contributed by atoms with Crippen molar-refractivity contribution in [1.82, 2.24) is 0 Å². The molecule has 104 valence electrons. The van der Waals surface area contributed by atoms with Crippen molar-refractivity contribution in [3.8, 4) is 5.75 Å². The van der Waals surface area contributed by atoms with E-state index >= 15 is 0 Å². The van der Waals surface area contributed by atoms with Crippen molar-refractivity contribution in [2.45, 2.75) is 0 Å². The molecule has 2 aromatic rings. The molecule has 0 heterocycles. The molecule has 0 fully saturated rings. The fraction of sp³-hybridized carbons (Fsp3) is 0.133. The Kier molecular flexibility index (Phi) is 4.10. The maximum absolute atomic E-state index is 12.2. The Hall–Kier alpha value is -2.69. The number of hydrogen-bond donors (Lipinski definition) is 2. The van der Waals surface area contributed by atoms with E-state index in [1.165, 1.54) is 4.90 Å². The minimum absolute atomic E-state index is 0.246. The molecular weight excluding hydrogens is 254 g/mol. The van der Waals surface area contributed by atoms with E-state index < -0.39 is 0 Å². The number of rotatable bonds is 3. The third-order valence-corrected chi connectivity index (χ3v) is 2.88. The van der Waals surface area contributed by atoms with Crippen molar-refractivity contribution in [1.29, 1.82) is 0 Å². The summed E-state index contributed by atoms with van der Waals surface area (Å²) >= 11 is 0. The Morgan fingerprint density at radius 1 is 1.20 bits per heavy atom. The molecule has 0 atom stereocenters. The summed E-state index contributed by atoms with van der Waals surface area (Å²) in [6.45, 7) is 0. The second-order valence-corrected chi connectivity index (χ2v) is 4.32. The smallest absolute Gasteiger partial charge is 0.326 e. The van der Waals surface area contributed by atoms with Gasteiger partial charge in [-0.15, -0.1) is 0 Å². The minimum atomic E-state index is -0.246. The summed E-state index contributed by atoms with van der Waals surface area (Å²) in [5.74, 6) is 0.689. The molecule has 5 heteroatoms. The van der Waals surface area contributed by atoms with Gasteiger partial charge in [0.1, 0.15) is 5.75 Å². The van der Waals surface area contributed by atoms with E-state index in [9.17, 15) is 4.79 Å². The van der Waals surface area contributed by atoms with Crippen LogP contribution in [0.3, 0.4) is 0 Å². The summed E-state index contributed by atoms with van der Waals surface area (Å²) < 4.78 is 5.12. The van der Waals surface area contributed by atoms with E-state index in [-0.39, 0.29) is 6.03 Å². The number of hydrogen-bond acceptors (Lipinski definition) is 3. The number of nitrogens with one attached hydrogen (secondary N) is 1. The van der Waals surface area contributed by atoms with E-state index in [1.807, 2.05) is 18.2 Å². The Morgan fingerprint density at radius 3 is 2.65 bits per heavy atom. The molecule has 0 saturated heterocycles. The number of benzene rings is 2. The number of nitrogen functional groups attached to an aromatic ring is 1. The zero-order valence-electron chi connectivity index (χ0n) is 11.5. The molecule has 0 aliphatic carbocycles. The maximum atomic E-state index is 12.2. The molecule has 3 N–H and O–H groups in total. The largest absolute Gasteiger partial charge is 0.497 e. The molecule has 0 aliphatic heterocycles. The first-order chi connectivity index (χ1) is 9.60. The second-order valence-electron chi connectivity index (χ2n) is 4.32. The molecule has 0 aromatic heterocycles. The summed E-state index contributed by atoms with van der Waals surface area (Å²) in [5.41, 5.74) is 7.73. The van der Waals surface area contributed by atoms with Gasteiger partial charge in [0.15, 0.2) is 0 Å². The van der Waals surface area contributed by atoms with E-state index in [4.69, 9.17) is 10.5 Å². The minimum Gasteiger partial charge on any atom is -0.497 e. The summed E-state index contributed by atoms with van der Waals surface area (Å²) in [4.78, 5) is 13.7. The molecule has 2 amide bonds. The number of methoxy groups -OCH3 is 1. The Bertz CT molecular complexity index is 614. The number of amides is 2. The van der Waals surface area contributed by atoms with Crippen LogP contribution in [0, 0.1) is 0 Å². The van der Waals surface area contributed by atoms with Gasteiger partial charge in [-0.3, -0.25) is 4.90 Å². The van der Waals surface area contributed by atoms with Crippen LogP contribution in [-0.4, -0.2) is 20.2 Å².